The summed E-state index contributed by atoms with van der Waals surface area (Å²) in [6.07, 6.45) is 6.23. The minimum absolute atomic E-state index is 0.0177. The zero-order chi connectivity index (χ0) is 21.9. The van der Waals surface area contributed by atoms with E-state index >= 15 is 0 Å². The quantitative estimate of drug-likeness (QED) is 0.508. The SMILES string of the molecule is O=C(C=Cc1ccccc1)N(CC(=O)N1CCc2sccc2C1c1ccccc1)C1CC1. The molecule has 1 unspecified atom stereocenters. The van der Waals surface area contributed by atoms with Gasteiger partial charge in [-0.1, -0.05) is 60.7 Å². The Morgan fingerprint density at radius 3 is 2.44 bits per heavy atom. The summed E-state index contributed by atoms with van der Waals surface area (Å²) < 4.78 is 0. The first kappa shape index (κ1) is 20.7. The van der Waals surface area contributed by atoms with Crippen LogP contribution in [0.1, 0.15) is 40.5 Å². The summed E-state index contributed by atoms with van der Waals surface area (Å²) in [4.78, 5) is 31.6. The molecule has 0 radical (unpaired) electrons. The third kappa shape index (κ3) is 4.39. The van der Waals surface area contributed by atoms with E-state index in [-0.39, 0.29) is 30.4 Å². The van der Waals surface area contributed by atoms with Crippen LogP contribution in [-0.2, 0) is 16.0 Å². The van der Waals surface area contributed by atoms with Crippen molar-refractivity contribution in [1.82, 2.24) is 9.80 Å². The molecule has 32 heavy (non-hydrogen) atoms. The van der Waals surface area contributed by atoms with E-state index in [1.165, 1.54) is 10.4 Å². The molecule has 1 aliphatic carbocycles. The molecule has 1 fully saturated rings. The molecule has 1 aromatic heterocycles. The maximum atomic E-state index is 13.5. The standard InChI is InChI=1S/C27H26N2O2S/c30-25(14-11-20-7-3-1-4-8-20)29(22-12-13-22)19-26(31)28-17-15-24-23(16-18-32-24)27(28)21-9-5-2-6-10-21/h1-11,14,16,18,22,27H,12-13,15,17,19H2. The lowest BCUT2D eigenvalue weighted by Gasteiger charge is -2.37. The fourth-order valence-corrected chi connectivity index (χ4v) is 5.32. The first-order valence-electron chi connectivity index (χ1n) is 11.1. The van der Waals surface area contributed by atoms with Crippen LogP contribution >= 0.6 is 11.3 Å². The molecule has 2 aliphatic rings. The Morgan fingerprint density at radius 2 is 1.72 bits per heavy atom. The number of thiophene rings is 1. The maximum absolute atomic E-state index is 13.5. The second-order valence-corrected chi connectivity index (χ2v) is 9.39. The Bertz CT molecular complexity index is 1120. The highest BCUT2D eigenvalue weighted by molar-refractivity contribution is 7.10. The summed E-state index contributed by atoms with van der Waals surface area (Å²) in [6, 6.07) is 22.2. The van der Waals surface area contributed by atoms with Crippen molar-refractivity contribution in [2.75, 3.05) is 13.1 Å². The largest absolute Gasteiger partial charge is 0.330 e. The van der Waals surface area contributed by atoms with E-state index in [9.17, 15) is 9.59 Å². The summed E-state index contributed by atoms with van der Waals surface area (Å²) in [5.41, 5.74) is 3.32. The maximum Gasteiger partial charge on any atom is 0.247 e. The molecular weight excluding hydrogens is 416 g/mol. The normalized spacial score (nSPS) is 17.9. The first-order chi connectivity index (χ1) is 15.7. The highest BCUT2D eigenvalue weighted by Gasteiger charge is 2.37. The van der Waals surface area contributed by atoms with Gasteiger partial charge in [-0.2, -0.15) is 0 Å². The minimum Gasteiger partial charge on any atom is -0.330 e. The van der Waals surface area contributed by atoms with E-state index in [4.69, 9.17) is 0 Å². The summed E-state index contributed by atoms with van der Waals surface area (Å²) in [7, 11) is 0. The highest BCUT2D eigenvalue weighted by atomic mass is 32.1. The molecule has 1 atom stereocenters. The molecule has 0 spiro atoms. The Morgan fingerprint density at radius 1 is 1.00 bits per heavy atom. The second-order valence-electron chi connectivity index (χ2n) is 8.39. The van der Waals surface area contributed by atoms with E-state index in [2.05, 4.69) is 23.6 Å². The van der Waals surface area contributed by atoms with Crippen LogP contribution < -0.4 is 0 Å². The van der Waals surface area contributed by atoms with E-state index in [1.54, 1.807) is 22.3 Å². The Hall–Kier alpha value is -3.18. The molecule has 0 bridgehead atoms. The number of hydrogen-bond acceptors (Lipinski definition) is 3. The van der Waals surface area contributed by atoms with Crippen molar-refractivity contribution in [2.45, 2.75) is 31.3 Å². The number of carbonyl (C=O) groups excluding carboxylic acids is 2. The average molecular weight is 443 g/mol. The summed E-state index contributed by atoms with van der Waals surface area (Å²) in [5.74, 6) is -0.0711. The van der Waals surface area contributed by atoms with Gasteiger partial charge >= 0.3 is 0 Å². The molecule has 5 heteroatoms. The van der Waals surface area contributed by atoms with Gasteiger partial charge in [-0.3, -0.25) is 9.59 Å². The van der Waals surface area contributed by atoms with Crippen molar-refractivity contribution >= 4 is 29.2 Å². The predicted octanol–water partition coefficient (Wildman–Crippen LogP) is 4.93. The van der Waals surface area contributed by atoms with E-state index in [1.807, 2.05) is 59.5 Å². The number of fused-ring (bicyclic) bond motifs is 1. The molecule has 1 aliphatic heterocycles. The van der Waals surface area contributed by atoms with Crippen molar-refractivity contribution in [1.29, 1.82) is 0 Å². The zero-order valence-electron chi connectivity index (χ0n) is 17.9. The molecule has 2 aromatic carbocycles. The third-order valence-corrected chi connectivity index (χ3v) is 7.19. The number of nitrogens with zero attached hydrogens (tertiary/aromatic N) is 2. The Balaban J connectivity index is 1.36. The van der Waals surface area contributed by atoms with Gasteiger partial charge in [0.25, 0.3) is 0 Å². The van der Waals surface area contributed by atoms with Crippen molar-refractivity contribution in [3.8, 4) is 0 Å². The van der Waals surface area contributed by atoms with Crippen LogP contribution in [0.2, 0.25) is 0 Å². The van der Waals surface area contributed by atoms with Crippen LogP contribution in [0.15, 0.2) is 78.2 Å². The molecule has 3 aromatic rings. The number of rotatable bonds is 6. The molecule has 0 N–H and O–H groups in total. The molecule has 5 rings (SSSR count). The lowest BCUT2D eigenvalue weighted by molar-refractivity contribution is -0.140. The van der Waals surface area contributed by atoms with Gasteiger partial charge in [0.1, 0.15) is 6.54 Å². The molecular formula is C27H26N2O2S. The van der Waals surface area contributed by atoms with Crippen LogP contribution in [0, 0.1) is 0 Å². The van der Waals surface area contributed by atoms with Gasteiger partial charge in [0.2, 0.25) is 11.8 Å². The number of benzene rings is 2. The van der Waals surface area contributed by atoms with Crippen LogP contribution in [0.5, 0.6) is 0 Å². The van der Waals surface area contributed by atoms with E-state index in [0.29, 0.717) is 6.54 Å². The lowest BCUT2D eigenvalue weighted by atomic mass is 9.93. The second kappa shape index (κ2) is 9.13. The minimum atomic E-state index is -0.0887. The monoisotopic (exact) mass is 442 g/mol. The topological polar surface area (TPSA) is 40.6 Å². The van der Waals surface area contributed by atoms with Gasteiger partial charge in [0, 0.05) is 23.5 Å². The van der Waals surface area contributed by atoms with Gasteiger partial charge < -0.3 is 9.80 Å². The van der Waals surface area contributed by atoms with Crippen LogP contribution in [-0.4, -0.2) is 40.7 Å². The predicted molar refractivity (Wildman–Crippen MR) is 128 cm³/mol. The lowest BCUT2D eigenvalue weighted by Crippen LogP contribution is -2.47. The van der Waals surface area contributed by atoms with Crippen LogP contribution in [0.3, 0.4) is 0 Å². The number of carbonyl (C=O) groups is 2. The summed E-state index contributed by atoms with van der Waals surface area (Å²) in [6.45, 7) is 0.809. The van der Waals surface area contributed by atoms with Gasteiger partial charge in [-0.05, 0) is 53.5 Å². The Labute approximate surface area is 192 Å². The van der Waals surface area contributed by atoms with E-state index < -0.39 is 0 Å². The van der Waals surface area contributed by atoms with Gasteiger partial charge in [-0.25, -0.2) is 0 Å². The van der Waals surface area contributed by atoms with Gasteiger partial charge in [0.05, 0.1) is 6.04 Å². The zero-order valence-corrected chi connectivity index (χ0v) is 18.7. The Kier molecular flexibility index (Phi) is 5.91. The molecule has 4 nitrogen and oxygen atoms in total. The molecule has 1 saturated carbocycles. The van der Waals surface area contributed by atoms with E-state index in [0.717, 1.165) is 30.4 Å². The van der Waals surface area contributed by atoms with Crippen molar-refractivity contribution < 1.29 is 9.59 Å². The molecule has 2 amide bonds. The fourth-order valence-electron chi connectivity index (χ4n) is 4.42. The van der Waals surface area contributed by atoms with Crippen LogP contribution in [0.4, 0.5) is 0 Å². The third-order valence-electron chi connectivity index (χ3n) is 6.20. The van der Waals surface area contributed by atoms with Crippen molar-refractivity contribution in [2.24, 2.45) is 0 Å². The molecule has 2 heterocycles. The summed E-state index contributed by atoms with van der Waals surface area (Å²) >= 11 is 1.76. The van der Waals surface area contributed by atoms with Gasteiger partial charge in [0.15, 0.2) is 0 Å². The average Bonchev–Trinajstić information content (AvgIpc) is 3.57. The van der Waals surface area contributed by atoms with Crippen molar-refractivity contribution in [3.63, 3.8) is 0 Å². The molecule has 0 saturated heterocycles. The first-order valence-corrected chi connectivity index (χ1v) is 12.0. The summed E-state index contributed by atoms with van der Waals surface area (Å²) in [5, 5.41) is 2.11. The van der Waals surface area contributed by atoms with Crippen molar-refractivity contribution in [3.05, 3.63) is 99.8 Å². The number of hydrogen-bond donors (Lipinski definition) is 0. The number of amides is 2. The van der Waals surface area contributed by atoms with Crippen LogP contribution in [0.25, 0.3) is 6.08 Å². The smallest absolute Gasteiger partial charge is 0.247 e. The molecule has 162 valence electrons. The highest BCUT2D eigenvalue weighted by Crippen LogP contribution is 2.38. The van der Waals surface area contributed by atoms with Gasteiger partial charge in [-0.15, -0.1) is 11.3 Å². The fraction of sp³-hybridized carbons (Fsp3) is 0.259.